The van der Waals surface area contributed by atoms with Crippen LogP contribution in [0.5, 0.6) is 0 Å². The van der Waals surface area contributed by atoms with Crippen LogP contribution in [0.25, 0.3) is 83.1 Å². The summed E-state index contributed by atoms with van der Waals surface area (Å²) in [5, 5.41) is 2.59. The van der Waals surface area contributed by atoms with Crippen molar-refractivity contribution in [1.82, 2.24) is 4.57 Å². The Morgan fingerprint density at radius 1 is 0.294 bits per heavy atom. The van der Waals surface area contributed by atoms with Crippen LogP contribution in [0.3, 0.4) is 0 Å². The molecule has 13 rings (SSSR count). The Balaban J connectivity index is 0.894. The van der Waals surface area contributed by atoms with Crippen molar-refractivity contribution >= 4 is 38.9 Å². The topological polar surface area (TPSA) is 8.17 Å². The lowest BCUT2D eigenvalue weighted by molar-refractivity contribution is 0.660. The smallest absolute Gasteiger partial charge is 0.0544 e. The minimum absolute atomic E-state index is 0.105. The molecular formula is C66H50N2. The summed E-state index contributed by atoms with van der Waals surface area (Å²) < 4.78 is 2.53. The van der Waals surface area contributed by atoms with Crippen molar-refractivity contribution in [2.45, 2.75) is 38.5 Å². The fourth-order valence-corrected chi connectivity index (χ4v) is 11.6. The standard InChI is InChI=1S/C66H50N2/c1-65(2)59-27-13-11-25-53(59)55-39-57-58-40-56-54-26-12-14-28-60(54)66(3,4)62(56)42-64(58)68(63(57)41-61(55)65)51-35-31-45(32-36-51)46-19-15-20-47(37-46)48-21-16-24-52(38-48)67(49-22-9-6-10-23-49)50-33-29-44(30-34-50)43-17-7-5-8-18-43/h5-42H,1-4H3. The Bertz CT molecular complexity index is 3640. The fraction of sp³-hybridized carbons (Fsp3) is 0.0909. The number of rotatable bonds is 7. The van der Waals surface area contributed by atoms with Crippen LogP contribution < -0.4 is 4.90 Å². The van der Waals surface area contributed by atoms with Gasteiger partial charge in [0.05, 0.1) is 11.0 Å². The Labute approximate surface area is 399 Å². The maximum atomic E-state index is 2.53. The van der Waals surface area contributed by atoms with E-state index in [0.717, 1.165) is 22.7 Å². The largest absolute Gasteiger partial charge is 0.310 e. The summed E-state index contributed by atoms with van der Waals surface area (Å²) in [6, 6.07) is 85.3. The van der Waals surface area contributed by atoms with Gasteiger partial charge in [0.15, 0.2) is 0 Å². The molecule has 0 amide bonds. The zero-order valence-electron chi connectivity index (χ0n) is 38.8. The van der Waals surface area contributed by atoms with Crippen molar-refractivity contribution in [3.63, 3.8) is 0 Å². The summed E-state index contributed by atoms with van der Waals surface area (Å²) in [6.45, 7) is 9.53. The number of hydrogen-bond donors (Lipinski definition) is 0. The van der Waals surface area contributed by atoms with Crippen molar-refractivity contribution in [3.05, 3.63) is 253 Å². The van der Waals surface area contributed by atoms with Crippen molar-refractivity contribution in [3.8, 4) is 61.3 Å². The van der Waals surface area contributed by atoms with E-state index < -0.39 is 0 Å². The molecule has 1 heterocycles. The average Bonchev–Trinajstić information content (AvgIpc) is 3.91. The van der Waals surface area contributed by atoms with Gasteiger partial charge < -0.3 is 9.47 Å². The first-order valence-electron chi connectivity index (χ1n) is 23.9. The molecule has 0 bridgehead atoms. The lowest BCUT2D eigenvalue weighted by atomic mass is 9.82. The van der Waals surface area contributed by atoms with E-state index in [1.165, 1.54) is 99.7 Å². The van der Waals surface area contributed by atoms with E-state index in [-0.39, 0.29) is 10.8 Å². The van der Waals surface area contributed by atoms with Gasteiger partial charge in [-0.2, -0.15) is 0 Å². The maximum Gasteiger partial charge on any atom is 0.0544 e. The molecule has 0 atom stereocenters. The van der Waals surface area contributed by atoms with E-state index in [1.54, 1.807) is 0 Å². The van der Waals surface area contributed by atoms with Crippen LogP contribution in [0.15, 0.2) is 231 Å². The molecule has 0 fully saturated rings. The first-order chi connectivity index (χ1) is 33.2. The molecule has 10 aromatic carbocycles. The van der Waals surface area contributed by atoms with Crippen LogP contribution >= 0.6 is 0 Å². The second kappa shape index (κ2) is 15.2. The van der Waals surface area contributed by atoms with Crippen molar-refractivity contribution < 1.29 is 0 Å². The van der Waals surface area contributed by atoms with Crippen LogP contribution in [0.4, 0.5) is 17.1 Å². The van der Waals surface area contributed by atoms with Gasteiger partial charge in [-0.1, -0.05) is 179 Å². The van der Waals surface area contributed by atoms with E-state index in [1.807, 2.05) is 0 Å². The Morgan fingerprint density at radius 3 is 1.29 bits per heavy atom. The van der Waals surface area contributed by atoms with Crippen molar-refractivity contribution in [1.29, 1.82) is 0 Å². The quantitative estimate of drug-likeness (QED) is 0.155. The molecule has 1 aromatic heterocycles. The van der Waals surface area contributed by atoms with Gasteiger partial charge in [0.25, 0.3) is 0 Å². The lowest BCUT2D eigenvalue weighted by Gasteiger charge is -2.26. The van der Waals surface area contributed by atoms with E-state index in [9.17, 15) is 0 Å². The summed E-state index contributed by atoms with van der Waals surface area (Å²) >= 11 is 0. The summed E-state index contributed by atoms with van der Waals surface area (Å²) in [5.74, 6) is 0. The van der Waals surface area contributed by atoms with E-state index in [2.05, 4.69) is 268 Å². The number of para-hydroxylation sites is 1. The number of nitrogens with zero attached hydrogens (tertiary/aromatic N) is 2. The minimum atomic E-state index is -0.105. The highest BCUT2D eigenvalue weighted by Gasteiger charge is 2.38. The third kappa shape index (κ3) is 6.17. The maximum absolute atomic E-state index is 2.53. The molecule has 0 aliphatic heterocycles. The zero-order valence-corrected chi connectivity index (χ0v) is 38.8. The number of hydrogen-bond acceptors (Lipinski definition) is 1. The monoisotopic (exact) mass is 870 g/mol. The Hall–Kier alpha value is -8.20. The van der Waals surface area contributed by atoms with Gasteiger partial charge in [-0.05, 0) is 157 Å². The van der Waals surface area contributed by atoms with Crippen molar-refractivity contribution in [2.24, 2.45) is 0 Å². The van der Waals surface area contributed by atoms with Gasteiger partial charge in [-0.15, -0.1) is 0 Å². The third-order valence-corrected chi connectivity index (χ3v) is 15.2. The van der Waals surface area contributed by atoms with Gasteiger partial charge >= 0.3 is 0 Å². The summed E-state index contributed by atoms with van der Waals surface area (Å²) in [7, 11) is 0. The van der Waals surface area contributed by atoms with Gasteiger partial charge in [-0.3, -0.25) is 0 Å². The highest BCUT2D eigenvalue weighted by Crippen LogP contribution is 2.54. The molecule has 2 aliphatic rings. The number of benzene rings is 10. The average molecular weight is 871 g/mol. The van der Waals surface area contributed by atoms with Gasteiger partial charge in [0.2, 0.25) is 0 Å². The van der Waals surface area contributed by atoms with Crippen LogP contribution in [0.1, 0.15) is 49.9 Å². The molecule has 2 nitrogen and oxygen atoms in total. The molecule has 2 aliphatic carbocycles. The van der Waals surface area contributed by atoms with Gasteiger partial charge in [0, 0.05) is 44.4 Å². The zero-order chi connectivity index (χ0) is 45.7. The first-order valence-corrected chi connectivity index (χ1v) is 23.9. The Morgan fingerprint density at radius 2 is 0.706 bits per heavy atom. The Kier molecular flexibility index (Phi) is 8.95. The normalized spacial score (nSPS) is 13.8. The number of fused-ring (bicyclic) bond motifs is 9. The highest BCUT2D eigenvalue weighted by atomic mass is 15.1. The second-order valence-corrected chi connectivity index (χ2v) is 19.8. The molecule has 0 saturated heterocycles. The predicted octanol–water partition coefficient (Wildman–Crippen LogP) is 17.9. The van der Waals surface area contributed by atoms with Crippen molar-refractivity contribution in [2.75, 3.05) is 4.90 Å². The van der Waals surface area contributed by atoms with Crippen LogP contribution in [-0.2, 0) is 10.8 Å². The van der Waals surface area contributed by atoms with Crippen LogP contribution in [0.2, 0.25) is 0 Å². The van der Waals surface area contributed by atoms with Gasteiger partial charge in [-0.25, -0.2) is 0 Å². The van der Waals surface area contributed by atoms with Crippen LogP contribution in [-0.4, -0.2) is 4.57 Å². The predicted molar refractivity (Wildman–Crippen MR) is 287 cm³/mol. The number of anilines is 3. The van der Waals surface area contributed by atoms with E-state index in [0.29, 0.717) is 0 Å². The highest BCUT2D eigenvalue weighted by molar-refractivity contribution is 6.13. The van der Waals surface area contributed by atoms with Crippen LogP contribution in [0, 0.1) is 0 Å². The summed E-state index contributed by atoms with van der Waals surface area (Å²) in [5.41, 5.74) is 24.9. The minimum Gasteiger partial charge on any atom is -0.310 e. The molecule has 0 radical (unpaired) electrons. The SMILES string of the molecule is CC1(C)c2ccccc2-c2cc3c4cc5c(cc4n(-c4ccc(-c6cccc(-c7cccc(N(c8ccccc8)c8ccc(-c9ccccc9)cc8)c7)c6)cc4)c3cc21)C(C)(C)c1ccccc1-5. The van der Waals surface area contributed by atoms with E-state index in [4.69, 9.17) is 0 Å². The fourth-order valence-electron chi connectivity index (χ4n) is 11.6. The molecule has 2 heteroatoms. The van der Waals surface area contributed by atoms with Gasteiger partial charge in [0.1, 0.15) is 0 Å². The number of aromatic nitrogens is 1. The van der Waals surface area contributed by atoms with E-state index >= 15 is 0 Å². The molecule has 0 N–H and O–H groups in total. The summed E-state index contributed by atoms with van der Waals surface area (Å²) in [4.78, 5) is 2.34. The lowest BCUT2D eigenvalue weighted by Crippen LogP contribution is -2.15. The molecule has 0 spiro atoms. The first kappa shape index (κ1) is 40.1. The third-order valence-electron chi connectivity index (χ3n) is 15.2. The molecule has 324 valence electrons. The second-order valence-electron chi connectivity index (χ2n) is 19.8. The molecule has 0 saturated carbocycles. The molecule has 0 unspecified atom stereocenters. The molecular weight excluding hydrogens is 821 g/mol. The summed E-state index contributed by atoms with van der Waals surface area (Å²) in [6.07, 6.45) is 0. The molecule has 11 aromatic rings. The molecule has 68 heavy (non-hydrogen) atoms.